The highest BCUT2D eigenvalue weighted by Gasteiger charge is 2.47. The summed E-state index contributed by atoms with van der Waals surface area (Å²) in [5.41, 5.74) is 0. The SMILES string of the molecule is CN1C2CCCC1CC(N1CC(=O)N3CCCC3C1=O)C2. The molecule has 4 fully saturated rings. The maximum Gasteiger partial charge on any atom is 0.246 e. The second-order valence-corrected chi connectivity index (χ2v) is 7.24. The van der Waals surface area contributed by atoms with Gasteiger partial charge in [0.2, 0.25) is 11.8 Å². The van der Waals surface area contributed by atoms with Crippen molar-refractivity contribution in [2.24, 2.45) is 0 Å². The number of hydrogen-bond donors (Lipinski definition) is 0. The van der Waals surface area contributed by atoms with Crippen LogP contribution in [0.3, 0.4) is 0 Å². The van der Waals surface area contributed by atoms with E-state index in [0.29, 0.717) is 18.6 Å². The molecule has 0 radical (unpaired) electrons. The molecular formula is C16H25N3O2. The summed E-state index contributed by atoms with van der Waals surface area (Å²) < 4.78 is 0. The predicted molar refractivity (Wildman–Crippen MR) is 78.7 cm³/mol. The molecule has 4 saturated heterocycles. The van der Waals surface area contributed by atoms with Gasteiger partial charge in [-0.1, -0.05) is 6.42 Å². The highest BCUT2D eigenvalue weighted by Crippen LogP contribution is 2.36. The summed E-state index contributed by atoms with van der Waals surface area (Å²) >= 11 is 0. The predicted octanol–water partition coefficient (Wildman–Crippen LogP) is 0.835. The number of piperazine rings is 1. The molecular weight excluding hydrogens is 266 g/mol. The van der Waals surface area contributed by atoms with Crippen LogP contribution in [-0.4, -0.2) is 70.8 Å². The Morgan fingerprint density at radius 3 is 2.33 bits per heavy atom. The van der Waals surface area contributed by atoms with Crippen molar-refractivity contribution >= 4 is 11.8 Å². The van der Waals surface area contributed by atoms with Crippen molar-refractivity contribution < 1.29 is 9.59 Å². The Morgan fingerprint density at radius 1 is 0.905 bits per heavy atom. The third kappa shape index (κ3) is 2.08. The lowest BCUT2D eigenvalue weighted by atomic mass is 9.81. The number of fused-ring (bicyclic) bond motifs is 3. The summed E-state index contributed by atoms with van der Waals surface area (Å²) in [6.07, 6.45) is 7.76. The zero-order valence-electron chi connectivity index (χ0n) is 12.8. The molecule has 116 valence electrons. The lowest BCUT2D eigenvalue weighted by Crippen LogP contribution is -2.63. The van der Waals surface area contributed by atoms with Gasteiger partial charge in [-0.2, -0.15) is 0 Å². The summed E-state index contributed by atoms with van der Waals surface area (Å²) in [5, 5.41) is 0. The lowest BCUT2D eigenvalue weighted by molar-refractivity contribution is -0.158. The van der Waals surface area contributed by atoms with Crippen molar-refractivity contribution in [1.82, 2.24) is 14.7 Å². The van der Waals surface area contributed by atoms with Crippen molar-refractivity contribution in [2.75, 3.05) is 20.1 Å². The van der Waals surface area contributed by atoms with Crippen molar-refractivity contribution in [1.29, 1.82) is 0 Å². The number of carbonyl (C=O) groups excluding carboxylic acids is 2. The highest BCUT2D eigenvalue weighted by atomic mass is 16.2. The highest BCUT2D eigenvalue weighted by molar-refractivity contribution is 5.95. The molecule has 2 amide bonds. The van der Waals surface area contributed by atoms with Gasteiger partial charge in [0, 0.05) is 24.7 Å². The molecule has 0 aromatic rings. The fraction of sp³-hybridized carbons (Fsp3) is 0.875. The largest absolute Gasteiger partial charge is 0.329 e. The summed E-state index contributed by atoms with van der Waals surface area (Å²) in [6.45, 7) is 1.10. The monoisotopic (exact) mass is 291 g/mol. The number of amides is 2. The van der Waals surface area contributed by atoms with E-state index in [9.17, 15) is 9.59 Å². The zero-order chi connectivity index (χ0) is 14.6. The fourth-order valence-corrected chi connectivity index (χ4v) is 4.98. The van der Waals surface area contributed by atoms with Gasteiger partial charge in [0.05, 0.1) is 0 Å². The quantitative estimate of drug-likeness (QED) is 0.719. The molecule has 5 heteroatoms. The van der Waals surface area contributed by atoms with Crippen molar-refractivity contribution in [3.8, 4) is 0 Å². The van der Waals surface area contributed by atoms with E-state index in [2.05, 4.69) is 11.9 Å². The average molecular weight is 291 g/mol. The van der Waals surface area contributed by atoms with E-state index in [-0.39, 0.29) is 23.9 Å². The first kappa shape index (κ1) is 13.6. The van der Waals surface area contributed by atoms with Crippen LogP contribution >= 0.6 is 0 Å². The van der Waals surface area contributed by atoms with Crippen LogP contribution in [-0.2, 0) is 9.59 Å². The van der Waals surface area contributed by atoms with E-state index in [1.165, 1.54) is 19.3 Å². The van der Waals surface area contributed by atoms with Gasteiger partial charge in [-0.25, -0.2) is 0 Å². The van der Waals surface area contributed by atoms with Crippen LogP contribution in [0, 0.1) is 0 Å². The maximum absolute atomic E-state index is 12.8. The van der Waals surface area contributed by atoms with E-state index in [1.54, 1.807) is 0 Å². The molecule has 0 spiro atoms. The van der Waals surface area contributed by atoms with Crippen LogP contribution in [0.1, 0.15) is 44.9 Å². The van der Waals surface area contributed by atoms with Gasteiger partial charge in [-0.3, -0.25) is 9.59 Å². The van der Waals surface area contributed by atoms with Crippen LogP contribution in [0.2, 0.25) is 0 Å². The molecule has 0 aliphatic carbocycles. The Balaban J connectivity index is 1.53. The molecule has 0 saturated carbocycles. The molecule has 5 nitrogen and oxygen atoms in total. The molecule has 4 aliphatic heterocycles. The maximum atomic E-state index is 12.8. The standard InChI is InChI=1S/C16H25N3O2/c1-17-11-4-2-5-12(17)9-13(8-11)19-10-15(20)18-7-3-6-14(18)16(19)21/h11-14H,2-10H2,1H3. The second-order valence-electron chi connectivity index (χ2n) is 7.24. The zero-order valence-corrected chi connectivity index (χ0v) is 12.8. The van der Waals surface area contributed by atoms with Gasteiger partial charge in [-0.15, -0.1) is 0 Å². The van der Waals surface area contributed by atoms with Crippen LogP contribution < -0.4 is 0 Å². The van der Waals surface area contributed by atoms with Crippen molar-refractivity contribution in [3.63, 3.8) is 0 Å². The molecule has 0 N–H and O–H groups in total. The first-order valence-electron chi connectivity index (χ1n) is 8.47. The minimum atomic E-state index is -0.147. The minimum Gasteiger partial charge on any atom is -0.329 e. The van der Waals surface area contributed by atoms with Gasteiger partial charge >= 0.3 is 0 Å². The average Bonchev–Trinajstić information content (AvgIpc) is 2.93. The molecule has 21 heavy (non-hydrogen) atoms. The van der Waals surface area contributed by atoms with E-state index in [0.717, 1.165) is 32.2 Å². The first-order valence-corrected chi connectivity index (χ1v) is 8.47. The van der Waals surface area contributed by atoms with Gasteiger partial charge in [0.15, 0.2) is 0 Å². The van der Waals surface area contributed by atoms with Crippen LogP contribution in [0.5, 0.6) is 0 Å². The molecule has 4 rings (SSSR count). The van der Waals surface area contributed by atoms with E-state index in [1.807, 2.05) is 9.80 Å². The summed E-state index contributed by atoms with van der Waals surface area (Å²) in [5.74, 6) is 0.390. The Hall–Kier alpha value is -1.10. The number of piperidine rings is 2. The lowest BCUT2D eigenvalue weighted by Gasteiger charge is -2.51. The Morgan fingerprint density at radius 2 is 1.62 bits per heavy atom. The first-order chi connectivity index (χ1) is 10.1. The van der Waals surface area contributed by atoms with E-state index in [4.69, 9.17) is 0 Å². The third-order valence-corrected chi connectivity index (χ3v) is 6.20. The third-order valence-electron chi connectivity index (χ3n) is 6.20. The van der Waals surface area contributed by atoms with Gasteiger partial charge in [0.25, 0.3) is 0 Å². The molecule has 0 aromatic heterocycles. The molecule has 0 aromatic carbocycles. The van der Waals surface area contributed by atoms with Crippen molar-refractivity contribution in [3.05, 3.63) is 0 Å². The van der Waals surface area contributed by atoms with Crippen LogP contribution in [0.25, 0.3) is 0 Å². The normalized spacial score (nSPS) is 40.6. The number of rotatable bonds is 1. The summed E-state index contributed by atoms with van der Waals surface area (Å²) in [4.78, 5) is 31.3. The molecule has 3 atom stereocenters. The van der Waals surface area contributed by atoms with Gasteiger partial charge in [-0.05, 0) is 45.6 Å². The number of carbonyl (C=O) groups is 2. The number of hydrogen-bond acceptors (Lipinski definition) is 3. The molecule has 3 unspecified atom stereocenters. The molecule has 4 aliphatic rings. The van der Waals surface area contributed by atoms with Gasteiger partial charge in [0.1, 0.15) is 12.6 Å². The van der Waals surface area contributed by atoms with Crippen LogP contribution in [0.15, 0.2) is 0 Å². The van der Waals surface area contributed by atoms with E-state index < -0.39 is 0 Å². The molecule has 2 bridgehead atoms. The van der Waals surface area contributed by atoms with Crippen LogP contribution in [0.4, 0.5) is 0 Å². The Kier molecular flexibility index (Phi) is 3.21. The number of nitrogens with zero attached hydrogens (tertiary/aromatic N) is 3. The minimum absolute atomic E-state index is 0.147. The smallest absolute Gasteiger partial charge is 0.246 e. The summed E-state index contributed by atoms with van der Waals surface area (Å²) in [7, 11) is 2.23. The Labute approximate surface area is 126 Å². The molecule has 4 heterocycles. The van der Waals surface area contributed by atoms with E-state index >= 15 is 0 Å². The van der Waals surface area contributed by atoms with Gasteiger partial charge < -0.3 is 14.7 Å². The topological polar surface area (TPSA) is 43.9 Å². The fourth-order valence-electron chi connectivity index (χ4n) is 4.98. The Bertz CT molecular complexity index is 452. The van der Waals surface area contributed by atoms with Crippen molar-refractivity contribution in [2.45, 2.75) is 69.1 Å². The second kappa shape index (κ2) is 4.97. The summed E-state index contributed by atoms with van der Waals surface area (Å²) in [6, 6.07) is 1.35.